The van der Waals surface area contributed by atoms with Gasteiger partial charge in [-0.05, 0) is 48.4 Å². The molecule has 0 amide bonds. The second-order valence-electron chi connectivity index (χ2n) is 3.65. The average molecular weight is 253 g/mol. The molecular formula is C11H15N3S2. The monoisotopic (exact) mass is 253 g/mol. The second-order valence-corrected chi connectivity index (χ2v) is 5.38. The summed E-state index contributed by atoms with van der Waals surface area (Å²) in [5.74, 6) is 0. The van der Waals surface area contributed by atoms with Crippen molar-refractivity contribution in [3.8, 4) is 0 Å². The molecule has 5 heteroatoms. The van der Waals surface area contributed by atoms with E-state index >= 15 is 0 Å². The van der Waals surface area contributed by atoms with E-state index in [2.05, 4.69) is 40.2 Å². The fourth-order valence-corrected chi connectivity index (χ4v) is 2.87. The first kappa shape index (κ1) is 11.7. The minimum absolute atomic E-state index is 0.199. The minimum Gasteiger partial charge on any atom is -0.305 e. The van der Waals surface area contributed by atoms with Crippen LogP contribution in [0.3, 0.4) is 0 Å². The minimum atomic E-state index is 0.199. The second kappa shape index (κ2) is 5.52. The fraction of sp³-hybridized carbons (Fsp3) is 0.455. The van der Waals surface area contributed by atoms with Crippen molar-refractivity contribution >= 4 is 22.9 Å². The highest BCUT2D eigenvalue weighted by Gasteiger charge is 2.18. The highest BCUT2D eigenvalue weighted by atomic mass is 32.1. The van der Waals surface area contributed by atoms with Crippen LogP contribution >= 0.6 is 22.9 Å². The third kappa shape index (κ3) is 2.48. The molecule has 0 aliphatic carbocycles. The Bertz CT molecular complexity index is 422. The van der Waals surface area contributed by atoms with Gasteiger partial charge in [-0.2, -0.15) is 0 Å². The van der Waals surface area contributed by atoms with Crippen LogP contribution in [-0.2, 0) is 0 Å². The summed E-state index contributed by atoms with van der Waals surface area (Å²) < 4.78 is 3.95. The largest absolute Gasteiger partial charge is 0.305 e. The number of thiophene rings is 1. The van der Waals surface area contributed by atoms with Gasteiger partial charge in [0.2, 0.25) is 0 Å². The first-order chi connectivity index (χ1) is 7.83. The zero-order valence-electron chi connectivity index (χ0n) is 9.43. The highest BCUT2D eigenvalue weighted by molar-refractivity contribution is 7.10. The van der Waals surface area contributed by atoms with Crippen LogP contribution in [-0.4, -0.2) is 16.1 Å². The van der Waals surface area contributed by atoms with Crippen LogP contribution in [0, 0.1) is 6.92 Å². The van der Waals surface area contributed by atoms with Crippen molar-refractivity contribution in [2.24, 2.45) is 0 Å². The first-order valence-electron chi connectivity index (χ1n) is 5.37. The van der Waals surface area contributed by atoms with Crippen LogP contribution in [0.5, 0.6) is 0 Å². The van der Waals surface area contributed by atoms with E-state index in [1.807, 2.05) is 5.38 Å². The van der Waals surface area contributed by atoms with E-state index in [9.17, 15) is 0 Å². The number of nitrogens with zero attached hydrogens (tertiary/aromatic N) is 2. The molecule has 0 radical (unpaired) electrons. The molecule has 2 heterocycles. The fourth-order valence-electron chi connectivity index (χ4n) is 1.65. The number of aryl methyl sites for hydroxylation is 1. The number of aromatic nitrogens is 2. The van der Waals surface area contributed by atoms with E-state index in [1.54, 1.807) is 11.3 Å². The summed E-state index contributed by atoms with van der Waals surface area (Å²) in [6.07, 6.45) is 1.12. The molecule has 0 fully saturated rings. The standard InChI is InChI=1S/C11H15N3S2/c1-3-5-12-11(10-7-16-14-13-10)9-4-6-15-8(9)2/h4,6-7,11-12H,3,5H2,1-2H3. The summed E-state index contributed by atoms with van der Waals surface area (Å²) in [6, 6.07) is 2.37. The van der Waals surface area contributed by atoms with Gasteiger partial charge in [0.25, 0.3) is 0 Å². The molecule has 2 aromatic rings. The normalized spacial score (nSPS) is 12.9. The van der Waals surface area contributed by atoms with E-state index in [0.717, 1.165) is 18.7 Å². The third-order valence-corrected chi connectivity index (χ3v) is 3.87. The molecule has 1 unspecified atom stereocenters. The number of hydrogen-bond acceptors (Lipinski definition) is 5. The highest BCUT2D eigenvalue weighted by Crippen LogP contribution is 2.27. The lowest BCUT2D eigenvalue weighted by Crippen LogP contribution is -2.23. The summed E-state index contributed by atoms with van der Waals surface area (Å²) >= 11 is 3.19. The van der Waals surface area contributed by atoms with E-state index in [0.29, 0.717) is 0 Å². The molecule has 0 aliphatic rings. The van der Waals surface area contributed by atoms with Crippen molar-refractivity contribution in [2.75, 3.05) is 6.54 Å². The van der Waals surface area contributed by atoms with Crippen molar-refractivity contribution < 1.29 is 0 Å². The molecule has 0 bridgehead atoms. The SMILES string of the molecule is CCCNC(c1csnn1)c1ccsc1C. The molecule has 2 aromatic heterocycles. The lowest BCUT2D eigenvalue weighted by molar-refractivity contribution is 0.584. The zero-order valence-corrected chi connectivity index (χ0v) is 11.1. The topological polar surface area (TPSA) is 37.8 Å². The Morgan fingerprint density at radius 3 is 2.94 bits per heavy atom. The maximum absolute atomic E-state index is 4.18. The number of hydrogen-bond donors (Lipinski definition) is 1. The maximum Gasteiger partial charge on any atom is 0.0970 e. The summed E-state index contributed by atoms with van der Waals surface area (Å²) in [6.45, 7) is 5.32. The van der Waals surface area contributed by atoms with Crippen molar-refractivity contribution in [3.05, 3.63) is 33.0 Å². The molecule has 2 rings (SSSR count). The van der Waals surface area contributed by atoms with Crippen LogP contribution < -0.4 is 5.32 Å². The lowest BCUT2D eigenvalue weighted by atomic mass is 10.1. The smallest absolute Gasteiger partial charge is 0.0970 e. The Balaban J connectivity index is 2.25. The van der Waals surface area contributed by atoms with Gasteiger partial charge in [0.05, 0.1) is 11.7 Å². The van der Waals surface area contributed by atoms with E-state index in [4.69, 9.17) is 0 Å². The zero-order chi connectivity index (χ0) is 11.4. The van der Waals surface area contributed by atoms with Crippen molar-refractivity contribution in [1.82, 2.24) is 14.9 Å². The molecule has 1 N–H and O–H groups in total. The van der Waals surface area contributed by atoms with Crippen LogP contribution in [0.1, 0.15) is 35.5 Å². The predicted octanol–water partition coefficient (Wildman–Crippen LogP) is 3.00. The van der Waals surface area contributed by atoms with Crippen molar-refractivity contribution in [3.63, 3.8) is 0 Å². The Hall–Kier alpha value is -0.780. The van der Waals surface area contributed by atoms with E-state index in [-0.39, 0.29) is 6.04 Å². The van der Waals surface area contributed by atoms with Crippen LogP contribution in [0.2, 0.25) is 0 Å². The van der Waals surface area contributed by atoms with E-state index < -0.39 is 0 Å². The maximum atomic E-state index is 4.18. The molecule has 0 spiro atoms. The molecule has 86 valence electrons. The quantitative estimate of drug-likeness (QED) is 0.890. The van der Waals surface area contributed by atoms with Gasteiger partial charge in [0, 0.05) is 10.3 Å². The summed E-state index contributed by atoms with van der Waals surface area (Å²) in [5, 5.41) is 11.9. The van der Waals surface area contributed by atoms with Gasteiger partial charge >= 0.3 is 0 Å². The van der Waals surface area contributed by atoms with Gasteiger partial charge in [-0.3, -0.25) is 0 Å². The molecule has 0 saturated carbocycles. The molecule has 1 atom stereocenters. The Kier molecular flexibility index (Phi) is 4.04. The first-order valence-corrected chi connectivity index (χ1v) is 7.09. The lowest BCUT2D eigenvalue weighted by Gasteiger charge is -2.15. The summed E-state index contributed by atoms with van der Waals surface area (Å²) in [5.41, 5.74) is 2.35. The van der Waals surface area contributed by atoms with E-state index in [1.165, 1.54) is 22.0 Å². The van der Waals surface area contributed by atoms with Crippen LogP contribution in [0.15, 0.2) is 16.8 Å². The van der Waals surface area contributed by atoms with Gasteiger partial charge in [-0.1, -0.05) is 11.4 Å². The third-order valence-electron chi connectivity index (χ3n) is 2.48. The molecule has 0 aliphatic heterocycles. The van der Waals surface area contributed by atoms with Gasteiger partial charge in [0.15, 0.2) is 0 Å². The molecule has 3 nitrogen and oxygen atoms in total. The summed E-state index contributed by atoms with van der Waals surface area (Å²) in [7, 11) is 0. The predicted molar refractivity (Wildman–Crippen MR) is 69.1 cm³/mol. The van der Waals surface area contributed by atoms with Crippen molar-refractivity contribution in [2.45, 2.75) is 26.3 Å². The van der Waals surface area contributed by atoms with Gasteiger partial charge in [-0.15, -0.1) is 16.4 Å². The molecule has 0 aromatic carbocycles. The van der Waals surface area contributed by atoms with Gasteiger partial charge in [0.1, 0.15) is 0 Å². The van der Waals surface area contributed by atoms with Crippen LogP contribution in [0.25, 0.3) is 0 Å². The van der Waals surface area contributed by atoms with Gasteiger partial charge in [-0.25, -0.2) is 0 Å². The Morgan fingerprint density at radius 1 is 1.50 bits per heavy atom. The Labute approximate surface area is 104 Å². The molecular weight excluding hydrogens is 238 g/mol. The molecule has 0 saturated heterocycles. The summed E-state index contributed by atoms with van der Waals surface area (Å²) in [4.78, 5) is 1.35. The molecule has 16 heavy (non-hydrogen) atoms. The van der Waals surface area contributed by atoms with Crippen LogP contribution in [0.4, 0.5) is 0 Å². The number of nitrogens with one attached hydrogen (secondary N) is 1. The Morgan fingerprint density at radius 2 is 2.38 bits per heavy atom. The van der Waals surface area contributed by atoms with Crippen molar-refractivity contribution in [1.29, 1.82) is 0 Å². The average Bonchev–Trinajstić information content (AvgIpc) is 2.91. The number of rotatable bonds is 5. The van der Waals surface area contributed by atoms with Gasteiger partial charge < -0.3 is 5.32 Å².